The Labute approximate surface area is 147 Å². The molecule has 136 valence electrons. The van der Waals surface area contributed by atoms with E-state index in [2.05, 4.69) is 10.3 Å². The molecule has 0 bridgehead atoms. The summed E-state index contributed by atoms with van der Waals surface area (Å²) in [7, 11) is -3.59. The van der Waals surface area contributed by atoms with Gasteiger partial charge in [0.2, 0.25) is 10.0 Å². The third-order valence-corrected chi connectivity index (χ3v) is 6.11. The van der Waals surface area contributed by atoms with Crippen molar-refractivity contribution in [2.45, 2.75) is 23.8 Å². The van der Waals surface area contributed by atoms with Crippen molar-refractivity contribution in [3.8, 4) is 0 Å². The number of hydrogen-bond acceptors (Lipinski definition) is 5. The summed E-state index contributed by atoms with van der Waals surface area (Å²) in [5, 5.41) is 2.74. The first-order valence-corrected chi connectivity index (χ1v) is 9.22. The number of halogens is 1. The first kappa shape index (κ1) is 19.2. The fourth-order valence-corrected chi connectivity index (χ4v) is 3.99. The minimum atomic E-state index is -3.59. The van der Waals surface area contributed by atoms with E-state index in [0.29, 0.717) is 38.8 Å². The standard InChI is InChI=1S/C14H22N4O4S.ClH/c15-12(10-1-2-10)9-17-14(19)13-7-11(8-16-13)23(20,21)18-3-5-22-6-4-18;/h7-8,10,12,16H,1-6,9,15H2,(H,17,19);1H. The molecule has 0 spiro atoms. The van der Waals surface area contributed by atoms with E-state index < -0.39 is 10.0 Å². The second-order valence-corrected chi connectivity index (χ2v) is 7.91. The number of hydrogen-bond donors (Lipinski definition) is 3. The average Bonchev–Trinajstić information content (AvgIpc) is 3.29. The topological polar surface area (TPSA) is 118 Å². The molecule has 24 heavy (non-hydrogen) atoms. The van der Waals surface area contributed by atoms with Gasteiger partial charge < -0.3 is 20.8 Å². The molecule has 3 rings (SSSR count). The third-order valence-electron chi connectivity index (χ3n) is 4.23. The van der Waals surface area contributed by atoms with Gasteiger partial charge in [-0.1, -0.05) is 0 Å². The van der Waals surface area contributed by atoms with Crippen molar-refractivity contribution >= 4 is 28.3 Å². The lowest BCUT2D eigenvalue weighted by atomic mass is 10.2. The van der Waals surface area contributed by atoms with Gasteiger partial charge in [0.25, 0.3) is 5.91 Å². The van der Waals surface area contributed by atoms with Crippen LogP contribution in [0.2, 0.25) is 0 Å². The van der Waals surface area contributed by atoms with Crippen LogP contribution in [0.5, 0.6) is 0 Å². The fraction of sp³-hybridized carbons (Fsp3) is 0.643. The van der Waals surface area contributed by atoms with E-state index >= 15 is 0 Å². The lowest BCUT2D eigenvalue weighted by Gasteiger charge is -2.25. The molecule has 1 aromatic heterocycles. The van der Waals surface area contributed by atoms with Crippen LogP contribution in [0.4, 0.5) is 0 Å². The van der Waals surface area contributed by atoms with E-state index in [1.165, 1.54) is 16.6 Å². The minimum absolute atomic E-state index is 0. The van der Waals surface area contributed by atoms with Gasteiger partial charge in [0.15, 0.2) is 0 Å². The highest BCUT2D eigenvalue weighted by Crippen LogP contribution is 2.31. The van der Waals surface area contributed by atoms with Crippen LogP contribution >= 0.6 is 12.4 Å². The monoisotopic (exact) mass is 378 g/mol. The van der Waals surface area contributed by atoms with Crippen molar-refractivity contribution in [2.24, 2.45) is 11.7 Å². The highest BCUT2D eigenvalue weighted by Gasteiger charge is 2.30. The van der Waals surface area contributed by atoms with Gasteiger partial charge >= 0.3 is 0 Å². The zero-order valence-corrected chi connectivity index (χ0v) is 14.9. The van der Waals surface area contributed by atoms with Gasteiger partial charge in [0, 0.05) is 31.9 Å². The van der Waals surface area contributed by atoms with Crippen LogP contribution in [0.3, 0.4) is 0 Å². The summed E-state index contributed by atoms with van der Waals surface area (Å²) in [5.74, 6) is 0.153. The van der Waals surface area contributed by atoms with E-state index in [0.717, 1.165) is 12.8 Å². The number of rotatable bonds is 6. The molecule has 4 N–H and O–H groups in total. The van der Waals surface area contributed by atoms with Crippen LogP contribution in [-0.4, -0.2) is 62.5 Å². The number of aromatic amines is 1. The number of nitrogens with one attached hydrogen (secondary N) is 2. The quantitative estimate of drug-likeness (QED) is 0.640. The molecular formula is C14H23ClN4O4S. The Morgan fingerprint density at radius 1 is 1.42 bits per heavy atom. The Hall–Kier alpha value is -1.13. The summed E-state index contributed by atoms with van der Waals surface area (Å²) in [5.41, 5.74) is 6.16. The van der Waals surface area contributed by atoms with Gasteiger partial charge in [-0.2, -0.15) is 4.31 Å². The van der Waals surface area contributed by atoms with Crippen LogP contribution in [0, 0.1) is 5.92 Å². The average molecular weight is 379 g/mol. The van der Waals surface area contributed by atoms with Crippen molar-refractivity contribution in [2.75, 3.05) is 32.8 Å². The number of nitrogens with zero attached hydrogens (tertiary/aromatic N) is 1. The second-order valence-electron chi connectivity index (χ2n) is 5.98. The normalized spacial score (nSPS) is 20.2. The van der Waals surface area contributed by atoms with Gasteiger partial charge in [-0.25, -0.2) is 8.42 Å². The largest absolute Gasteiger partial charge is 0.379 e. The molecular weight excluding hydrogens is 356 g/mol. The molecule has 1 aliphatic carbocycles. The summed E-state index contributed by atoms with van der Waals surface area (Å²) in [6.45, 7) is 1.82. The number of nitrogens with two attached hydrogens (primary N) is 1. The minimum Gasteiger partial charge on any atom is -0.379 e. The third kappa shape index (κ3) is 4.28. The Kier molecular flexibility index (Phi) is 6.27. The van der Waals surface area contributed by atoms with Crippen LogP contribution in [0.15, 0.2) is 17.2 Å². The number of aromatic nitrogens is 1. The van der Waals surface area contributed by atoms with E-state index in [9.17, 15) is 13.2 Å². The molecule has 1 saturated carbocycles. The van der Waals surface area contributed by atoms with Crippen LogP contribution < -0.4 is 11.1 Å². The maximum atomic E-state index is 12.5. The van der Waals surface area contributed by atoms with Gasteiger partial charge in [-0.15, -0.1) is 12.4 Å². The first-order chi connectivity index (χ1) is 11.0. The Bertz CT molecular complexity index is 668. The molecule has 8 nitrogen and oxygen atoms in total. The molecule has 2 heterocycles. The number of H-pyrrole nitrogens is 1. The van der Waals surface area contributed by atoms with Gasteiger partial charge in [0.1, 0.15) is 10.6 Å². The summed E-state index contributed by atoms with van der Waals surface area (Å²) in [6.07, 6.45) is 3.57. The molecule has 1 aromatic rings. The SMILES string of the molecule is Cl.NC(CNC(=O)c1cc(S(=O)(=O)N2CCOCC2)c[nH]1)C1CC1. The van der Waals surface area contributed by atoms with Gasteiger partial charge in [-0.05, 0) is 24.8 Å². The molecule has 0 radical (unpaired) electrons. The number of carbonyl (C=O) groups is 1. The van der Waals surface area contributed by atoms with Gasteiger partial charge in [0.05, 0.1) is 13.2 Å². The van der Waals surface area contributed by atoms with Crippen molar-refractivity contribution in [1.82, 2.24) is 14.6 Å². The Morgan fingerprint density at radius 3 is 2.71 bits per heavy atom. The first-order valence-electron chi connectivity index (χ1n) is 7.78. The number of amides is 1. The molecule has 2 fully saturated rings. The summed E-state index contributed by atoms with van der Waals surface area (Å²) in [6, 6.07) is 1.33. The lowest BCUT2D eigenvalue weighted by molar-refractivity contribution is 0.0730. The molecule has 0 aromatic carbocycles. The highest BCUT2D eigenvalue weighted by molar-refractivity contribution is 7.89. The zero-order valence-electron chi connectivity index (χ0n) is 13.2. The number of carbonyl (C=O) groups excluding carboxylic acids is 1. The lowest BCUT2D eigenvalue weighted by Crippen LogP contribution is -2.40. The smallest absolute Gasteiger partial charge is 0.267 e. The van der Waals surface area contributed by atoms with Crippen molar-refractivity contribution in [1.29, 1.82) is 0 Å². The van der Waals surface area contributed by atoms with Crippen molar-refractivity contribution < 1.29 is 17.9 Å². The molecule has 1 saturated heterocycles. The Morgan fingerprint density at radius 2 is 2.08 bits per heavy atom. The summed E-state index contributed by atoms with van der Waals surface area (Å²) in [4.78, 5) is 14.9. The molecule has 2 aliphatic rings. The van der Waals surface area contributed by atoms with Crippen molar-refractivity contribution in [3.05, 3.63) is 18.0 Å². The van der Waals surface area contributed by atoms with Crippen LogP contribution in [0.1, 0.15) is 23.3 Å². The molecule has 1 aliphatic heterocycles. The van der Waals surface area contributed by atoms with Crippen LogP contribution in [0.25, 0.3) is 0 Å². The molecule has 1 unspecified atom stereocenters. The zero-order chi connectivity index (χ0) is 16.4. The van der Waals surface area contributed by atoms with E-state index in [-0.39, 0.29) is 34.9 Å². The van der Waals surface area contributed by atoms with E-state index in [1.807, 2.05) is 0 Å². The van der Waals surface area contributed by atoms with Crippen LogP contribution in [-0.2, 0) is 14.8 Å². The maximum absolute atomic E-state index is 12.5. The van der Waals surface area contributed by atoms with E-state index in [4.69, 9.17) is 10.5 Å². The second kappa shape index (κ2) is 7.83. The molecule has 1 amide bonds. The molecule has 1 atom stereocenters. The van der Waals surface area contributed by atoms with Gasteiger partial charge in [-0.3, -0.25) is 4.79 Å². The number of ether oxygens (including phenoxy) is 1. The van der Waals surface area contributed by atoms with E-state index in [1.54, 1.807) is 0 Å². The summed E-state index contributed by atoms with van der Waals surface area (Å²) < 4.78 is 31.5. The number of sulfonamides is 1. The maximum Gasteiger partial charge on any atom is 0.267 e. The predicted molar refractivity (Wildman–Crippen MR) is 90.7 cm³/mol. The summed E-state index contributed by atoms with van der Waals surface area (Å²) >= 11 is 0. The fourth-order valence-electron chi connectivity index (χ4n) is 2.59. The molecule has 10 heteroatoms. The van der Waals surface area contributed by atoms with Crippen molar-refractivity contribution in [3.63, 3.8) is 0 Å². The Balaban J connectivity index is 0.00000208. The highest BCUT2D eigenvalue weighted by atomic mass is 35.5. The number of morpholine rings is 1. The predicted octanol–water partition coefficient (Wildman–Crippen LogP) is -0.0755.